The highest BCUT2D eigenvalue weighted by Crippen LogP contribution is 2.47. The number of rotatable bonds is 1. The molecule has 0 aromatic carbocycles. The van der Waals surface area contributed by atoms with Crippen molar-refractivity contribution in [1.82, 2.24) is 0 Å². The fourth-order valence-corrected chi connectivity index (χ4v) is 2.70. The number of carbonyl (C=O) groups is 1. The average Bonchev–Trinajstić information content (AvgIpc) is 2.42. The maximum absolute atomic E-state index is 11.4. The monoisotopic (exact) mass is 192 g/mol. The summed E-state index contributed by atoms with van der Waals surface area (Å²) in [5.41, 5.74) is 2.00. The summed E-state index contributed by atoms with van der Waals surface area (Å²) in [4.78, 5) is 11.4. The third-order valence-electron chi connectivity index (χ3n) is 3.95. The maximum Gasteiger partial charge on any atom is 0.314 e. The molecule has 0 aliphatic heterocycles. The zero-order chi connectivity index (χ0) is 10.3. The predicted octanol–water partition coefficient (Wildman–Crippen LogP) is 2.76. The van der Waals surface area contributed by atoms with Crippen LogP contribution in [0.2, 0.25) is 0 Å². The molecule has 0 saturated carbocycles. The minimum atomic E-state index is -0.665. The second-order valence-corrected chi connectivity index (χ2v) is 4.46. The Balaban J connectivity index is 2.52. The smallest absolute Gasteiger partial charge is 0.314 e. The van der Waals surface area contributed by atoms with E-state index < -0.39 is 11.4 Å². The molecule has 3 rings (SSSR count). The van der Waals surface area contributed by atoms with Crippen LogP contribution in [0.1, 0.15) is 33.1 Å². The topological polar surface area (TPSA) is 37.3 Å². The van der Waals surface area contributed by atoms with E-state index in [1.807, 2.05) is 19.1 Å². The molecule has 0 aromatic heterocycles. The molecule has 0 saturated heterocycles. The molecule has 0 fully saturated rings. The normalized spacial score (nSPS) is 36.0. The third-order valence-corrected chi connectivity index (χ3v) is 3.95. The van der Waals surface area contributed by atoms with E-state index >= 15 is 0 Å². The molecule has 0 radical (unpaired) electrons. The Morgan fingerprint density at radius 1 is 1.64 bits per heavy atom. The lowest BCUT2D eigenvalue weighted by Crippen LogP contribution is -2.36. The minimum Gasteiger partial charge on any atom is -0.481 e. The number of carboxylic acids is 1. The van der Waals surface area contributed by atoms with Gasteiger partial charge in [-0.25, -0.2) is 0 Å². The Morgan fingerprint density at radius 2 is 2.36 bits per heavy atom. The number of allylic oxidation sites excluding steroid dienone is 3. The highest BCUT2D eigenvalue weighted by molar-refractivity contribution is 5.79. The van der Waals surface area contributed by atoms with Gasteiger partial charge in [-0.05, 0) is 37.7 Å². The van der Waals surface area contributed by atoms with Crippen LogP contribution in [0.5, 0.6) is 0 Å². The zero-order valence-electron chi connectivity index (χ0n) is 8.71. The minimum absolute atomic E-state index is 0.155. The van der Waals surface area contributed by atoms with E-state index in [0.717, 1.165) is 19.3 Å². The molecular weight excluding hydrogens is 176 g/mol. The number of aliphatic carboxylic acids is 1. The summed E-state index contributed by atoms with van der Waals surface area (Å²) in [7, 11) is 0. The summed E-state index contributed by atoms with van der Waals surface area (Å²) in [5.74, 6) is -0.510. The number of fused-ring (bicyclic) bond motifs is 3. The summed E-state index contributed by atoms with van der Waals surface area (Å²) in [6.45, 7) is 4.12. The van der Waals surface area contributed by atoms with E-state index in [9.17, 15) is 9.90 Å². The average molecular weight is 192 g/mol. The summed E-state index contributed by atoms with van der Waals surface area (Å²) in [6, 6.07) is 0. The number of hydrogen-bond donors (Lipinski definition) is 1. The molecule has 14 heavy (non-hydrogen) atoms. The Bertz CT molecular complexity index is 338. The molecule has 2 unspecified atom stereocenters. The largest absolute Gasteiger partial charge is 0.481 e. The van der Waals surface area contributed by atoms with Crippen LogP contribution in [0, 0.1) is 11.3 Å². The second-order valence-electron chi connectivity index (χ2n) is 4.46. The van der Waals surface area contributed by atoms with Crippen LogP contribution >= 0.6 is 0 Å². The fraction of sp³-hybridized carbons (Fsp3) is 0.583. The first-order valence-corrected chi connectivity index (χ1v) is 5.20. The number of carboxylic acid groups (broad SMARTS) is 1. The highest BCUT2D eigenvalue weighted by Gasteiger charge is 2.45. The van der Waals surface area contributed by atoms with Gasteiger partial charge < -0.3 is 5.11 Å². The van der Waals surface area contributed by atoms with Crippen molar-refractivity contribution >= 4 is 5.97 Å². The molecule has 0 amide bonds. The van der Waals surface area contributed by atoms with E-state index in [0.29, 0.717) is 0 Å². The Hall–Kier alpha value is -1.05. The first-order valence-electron chi connectivity index (χ1n) is 5.20. The van der Waals surface area contributed by atoms with Gasteiger partial charge in [0.05, 0.1) is 5.41 Å². The molecule has 2 atom stereocenters. The Kier molecular flexibility index (Phi) is 2.02. The van der Waals surface area contributed by atoms with Crippen molar-refractivity contribution in [2.45, 2.75) is 33.1 Å². The summed E-state index contributed by atoms with van der Waals surface area (Å²) in [5, 5.41) is 9.35. The molecule has 3 aliphatic rings. The van der Waals surface area contributed by atoms with Gasteiger partial charge in [0, 0.05) is 0 Å². The Labute approximate surface area is 84.3 Å². The predicted molar refractivity (Wildman–Crippen MR) is 54.9 cm³/mol. The van der Waals surface area contributed by atoms with Crippen molar-refractivity contribution in [3.05, 3.63) is 23.3 Å². The highest BCUT2D eigenvalue weighted by atomic mass is 16.4. The van der Waals surface area contributed by atoms with Crippen LogP contribution in [0.15, 0.2) is 23.3 Å². The van der Waals surface area contributed by atoms with Gasteiger partial charge in [0.2, 0.25) is 0 Å². The number of hydrogen-bond acceptors (Lipinski definition) is 1. The SMILES string of the molecule is CC1=C2C=CC(C(=O)O)(CCC2)C1C. The van der Waals surface area contributed by atoms with Gasteiger partial charge >= 0.3 is 5.97 Å². The van der Waals surface area contributed by atoms with Crippen LogP contribution in [0.25, 0.3) is 0 Å². The van der Waals surface area contributed by atoms with Crippen LogP contribution in [0.3, 0.4) is 0 Å². The van der Waals surface area contributed by atoms with Crippen molar-refractivity contribution in [3.8, 4) is 0 Å². The summed E-state index contributed by atoms with van der Waals surface area (Å²) < 4.78 is 0. The molecular formula is C12H16O2. The van der Waals surface area contributed by atoms with Crippen LogP contribution in [0.4, 0.5) is 0 Å². The van der Waals surface area contributed by atoms with Gasteiger partial charge in [-0.2, -0.15) is 0 Å². The van der Waals surface area contributed by atoms with Crippen LogP contribution in [-0.2, 0) is 4.79 Å². The lowest BCUT2D eigenvalue weighted by atomic mass is 9.69. The second kappa shape index (κ2) is 2.97. The molecule has 76 valence electrons. The van der Waals surface area contributed by atoms with E-state index in [-0.39, 0.29) is 5.92 Å². The first kappa shape index (κ1) is 9.50. The molecule has 1 N–H and O–H groups in total. The summed E-state index contributed by atoms with van der Waals surface area (Å²) in [6.07, 6.45) is 6.75. The molecule has 2 heteroatoms. The molecule has 0 spiro atoms. The summed E-state index contributed by atoms with van der Waals surface area (Å²) >= 11 is 0. The van der Waals surface area contributed by atoms with Gasteiger partial charge in [-0.15, -0.1) is 0 Å². The van der Waals surface area contributed by atoms with Crippen molar-refractivity contribution in [1.29, 1.82) is 0 Å². The van der Waals surface area contributed by atoms with Crippen LogP contribution < -0.4 is 0 Å². The van der Waals surface area contributed by atoms with E-state index in [2.05, 4.69) is 6.92 Å². The van der Waals surface area contributed by atoms with Crippen molar-refractivity contribution in [2.24, 2.45) is 11.3 Å². The quantitative estimate of drug-likeness (QED) is 0.693. The van der Waals surface area contributed by atoms with Gasteiger partial charge in [0.1, 0.15) is 0 Å². The molecule has 0 heterocycles. The maximum atomic E-state index is 11.4. The van der Waals surface area contributed by atoms with E-state index in [4.69, 9.17) is 0 Å². The Morgan fingerprint density at radius 3 is 3.00 bits per heavy atom. The van der Waals surface area contributed by atoms with Gasteiger partial charge in [-0.3, -0.25) is 4.79 Å². The van der Waals surface area contributed by atoms with E-state index in [1.165, 1.54) is 11.1 Å². The van der Waals surface area contributed by atoms with Gasteiger partial charge in [0.25, 0.3) is 0 Å². The lowest BCUT2D eigenvalue weighted by Gasteiger charge is -2.34. The van der Waals surface area contributed by atoms with Crippen molar-refractivity contribution in [3.63, 3.8) is 0 Å². The van der Waals surface area contributed by atoms with E-state index in [1.54, 1.807) is 0 Å². The molecule has 2 bridgehead atoms. The zero-order valence-corrected chi connectivity index (χ0v) is 8.71. The van der Waals surface area contributed by atoms with Crippen molar-refractivity contribution in [2.75, 3.05) is 0 Å². The van der Waals surface area contributed by atoms with Crippen molar-refractivity contribution < 1.29 is 9.90 Å². The lowest BCUT2D eigenvalue weighted by molar-refractivity contribution is -0.148. The molecule has 0 aromatic rings. The molecule has 3 aliphatic carbocycles. The third kappa shape index (κ3) is 1.06. The fourth-order valence-electron chi connectivity index (χ4n) is 2.70. The van der Waals surface area contributed by atoms with Crippen LogP contribution in [-0.4, -0.2) is 11.1 Å². The first-order chi connectivity index (χ1) is 6.58. The van der Waals surface area contributed by atoms with Gasteiger partial charge in [0.15, 0.2) is 0 Å². The van der Waals surface area contributed by atoms with Gasteiger partial charge in [-0.1, -0.05) is 24.6 Å². The molecule has 2 nitrogen and oxygen atoms in total. The standard InChI is InChI=1S/C12H16O2/c1-8-9(2)12(11(13)14)6-3-4-10(8)5-7-12/h5,7,9H,3-4,6H2,1-2H3,(H,13,14).